The van der Waals surface area contributed by atoms with E-state index < -0.39 is 12.0 Å². The third kappa shape index (κ3) is 4.75. The summed E-state index contributed by atoms with van der Waals surface area (Å²) in [5, 5.41) is 9.16. The Hall–Kier alpha value is -3.03. The average molecular weight is 360 g/mol. The standard InChI is InChI=1S/C17H21N3O2.CH3NO2/c1-11(2)22-15-10-13-12(9-14(15)16(18)21)5-6-19-17(13)20-7-3-4-8-20;2-1(3)4/h5-6,9-11H,3-4,7-8H2,1-2H3,(H2,18,21);2H2,(H,3,4). The molecular formula is C18H24N4O4. The number of pyridine rings is 1. The van der Waals surface area contributed by atoms with Crippen molar-refractivity contribution in [3.63, 3.8) is 0 Å². The van der Waals surface area contributed by atoms with Gasteiger partial charge in [0.25, 0.3) is 5.91 Å². The third-order valence-electron chi connectivity index (χ3n) is 3.88. The highest BCUT2D eigenvalue weighted by Gasteiger charge is 2.19. The van der Waals surface area contributed by atoms with Crippen LogP contribution in [0.5, 0.6) is 5.75 Å². The number of nitrogens with zero attached hydrogens (tertiary/aromatic N) is 2. The maximum Gasteiger partial charge on any atom is 0.402 e. The van der Waals surface area contributed by atoms with Crippen LogP contribution in [0.25, 0.3) is 10.8 Å². The first-order valence-electron chi connectivity index (χ1n) is 8.42. The number of hydrogen-bond acceptors (Lipinski definition) is 5. The van der Waals surface area contributed by atoms with Gasteiger partial charge >= 0.3 is 6.09 Å². The van der Waals surface area contributed by atoms with Gasteiger partial charge in [-0.1, -0.05) is 0 Å². The van der Waals surface area contributed by atoms with Gasteiger partial charge in [-0.2, -0.15) is 0 Å². The zero-order chi connectivity index (χ0) is 19.3. The first-order valence-corrected chi connectivity index (χ1v) is 8.42. The molecule has 2 amide bonds. The van der Waals surface area contributed by atoms with Crippen LogP contribution >= 0.6 is 0 Å². The Bertz CT molecular complexity index is 797. The van der Waals surface area contributed by atoms with E-state index in [9.17, 15) is 4.79 Å². The van der Waals surface area contributed by atoms with E-state index in [1.807, 2.05) is 26.0 Å². The molecule has 1 fully saturated rings. The van der Waals surface area contributed by atoms with E-state index >= 15 is 0 Å². The van der Waals surface area contributed by atoms with Crippen molar-refractivity contribution in [2.45, 2.75) is 32.8 Å². The Balaban J connectivity index is 0.000000552. The molecular weight excluding hydrogens is 336 g/mol. The van der Waals surface area contributed by atoms with Crippen LogP contribution in [0, 0.1) is 0 Å². The number of anilines is 1. The number of benzene rings is 1. The fourth-order valence-corrected chi connectivity index (χ4v) is 2.91. The summed E-state index contributed by atoms with van der Waals surface area (Å²) >= 11 is 0. The number of carbonyl (C=O) groups is 2. The fourth-order valence-electron chi connectivity index (χ4n) is 2.91. The lowest BCUT2D eigenvalue weighted by molar-refractivity contribution is 0.0994. The number of nitrogens with two attached hydrogens (primary N) is 2. The van der Waals surface area contributed by atoms with E-state index in [1.54, 1.807) is 12.3 Å². The Kier molecular flexibility index (Phi) is 6.21. The normalized spacial score (nSPS) is 13.4. The Morgan fingerprint density at radius 1 is 1.23 bits per heavy atom. The lowest BCUT2D eigenvalue weighted by Crippen LogP contribution is -2.20. The van der Waals surface area contributed by atoms with Gasteiger partial charge in [0.1, 0.15) is 11.6 Å². The molecule has 0 saturated carbocycles. The van der Waals surface area contributed by atoms with Crippen LogP contribution in [0.15, 0.2) is 24.4 Å². The molecule has 1 aromatic heterocycles. The molecule has 0 radical (unpaired) electrons. The molecule has 8 heteroatoms. The minimum atomic E-state index is -1.33. The molecule has 1 aliphatic rings. The summed E-state index contributed by atoms with van der Waals surface area (Å²) < 4.78 is 5.79. The molecule has 1 aliphatic heterocycles. The van der Waals surface area contributed by atoms with E-state index in [1.165, 1.54) is 12.8 Å². The molecule has 0 bridgehead atoms. The summed E-state index contributed by atoms with van der Waals surface area (Å²) in [6.45, 7) is 5.90. The minimum Gasteiger partial charge on any atom is -0.490 e. The summed E-state index contributed by atoms with van der Waals surface area (Å²) in [6, 6.07) is 5.60. The smallest absolute Gasteiger partial charge is 0.402 e. The molecule has 140 valence electrons. The summed E-state index contributed by atoms with van der Waals surface area (Å²) in [5.74, 6) is 1.01. The molecule has 1 saturated heterocycles. The average Bonchev–Trinajstić information content (AvgIpc) is 3.06. The zero-order valence-corrected chi connectivity index (χ0v) is 14.9. The molecule has 0 spiro atoms. The molecule has 3 rings (SSSR count). The summed E-state index contributed by atoms with van der Waals surface area (Å²) in [4.78, 5) is 27.3. The lowest BCUT2D eigenvalue weighted by Gasteiger charge is -2.20. The van der Waals surface area contributed by atoms with Crippen molar-refractivity contribution in [1.29, 1.82) is 0 Å². The maximum atomic E-state index is 11.7. The van der Waals surface area contributed by atoms with Gasteiger partial charge < -0.3 is 26.2 Å². The number of ether oxygens (including phenoxy) is 1. The Morgan fingerprint density at radius 2 is 1.85 bits per heavy atom. The monoisotopic (exact) mass is 360 g/mol. The van der Waals surface area contributed by atoms with Gasteiger partial charge in [0.05, 0.1) is 11.7 Å². The maximum absolute atomic E-state index is 11.7. The van der Waals surface area contributed by atoms with E-state index in [0.29, 0.717) is 11.3 Å². The zero-order valence-electron chi connectivity index (χ0n) is 14.9. The van der Waals surface area contributed by atoms with Crippen molar-refractivity contribution < 1.29 is 19.4 Å². The van der Waals surface area contributed by atoms with Crippen molar-refractivity contribution >= 4 is 28.6 Å². The summed E-state index contributed by atoms with van der Waals surface area (Å²) in [6.07, 6.45) is 2.80. The van der Waals surface area contributed by atoms with Crippen LogP contribution in [0.4, 0.5) is 10.6 Å². The van der Waals surface area contributed by atoms with Crippen molar-refractivity contribution in [3.8, 4) is 5.75 Å². The topological polar surface area (TPSA) is 132 Å². The molecule has 0 aliphatic carbocycles. The number of hydrogen-bond donors (Lipinski definition) is 3. The lowest BCUT2D eigenvalue weighted by atomic mass is 10.1. The van der Waals surface area contributed by atoms with Crippen molar-refractivity contribution in [1.82, 2.24) is 4.98 Å². The van der Waals surface area contributed by atoms with Crippen LogP contribution in [0.2, 0.25) is 0 Å². The van der Waals surface area contributed by atoms with Gasteiger partial charge in [-0.05, 0) is 50.3 Å². The van der Waals surface area contributed by atoms with Crippen LogP contribution in [0.3, 0.4) is 0 Å². The second-order valence-electron chi connectivity index (χ2n) is 6.27. The summed E-state index contributed by atoms with van der Waals surface area (Å²) in [5.41, 5.74) is 9.94. The van der Waals surface area contributed by atoms with Gasteiger partial charge in [0.2, 0.25) is 0 Å². The number of amides is 2. The van der Waals surface area contributed by atoms with Crippen LogP contribution in [-0.2, 0) is 0 Å². The number of carboxylic acid groups (broad SMARTS) is 1. The van der Waals surface area contributed by atoms with Gasteiger partial charge in [-0.15, -0.1) is 0 Å². The highest BCUT2D eigenvalue weighted by Crippen LogP contribution is 2.33. The van der Waals surface area contributed by atoms with Crippen molar-refractivity contribution in [2.75, 3.05) is 18.0 Å². The van der Waals surface area contributed by atoms with Gasteiger partial charge in [0.15, 0.2) is 0 Å². The van der Waals surface area contributed by atoms with Gasteiger partial charge in [-0.25, -0.2) is 9.78 Å². The van der Waals surface area contributed by atoms with E-state index in [4.69, 9.17) is 20.4 Å². The second-order valence-corrected chi connectivity index (χ2v) is 6.27. The van der Waals surface area contributed by atoms with E-state index in [-0.39, 0.29) is 6.10 Å². The number of rotatable bonds is 4. The minimum absolute atomic E-state index is 0.0255. The number of primary amides is 2. The van der Waals surface area contributed by atoms with Crippen LogP contribution in [-0.4, -0.2) is 41.3 Å². The number of fused-ring (bicyclic) bond motifs is 1. The predicted molar refractivity (Wildman–Crippen MR) is 99.7 cm³/mol. The molecule has 5 N–H and O–H groups in total. The van der Waals surface area contributed by atoms with Gasteiger partial charge in [-0.3, -0.25) is 4.79 Å². The first-order chi connectivity index (χ1) is 12.3. The molecule has 8 nitrogen and oxygen atoms in total. The quantitative estimate of drug-likeness (QED) is 0.767. The highest BCUT2D eigenvalue weighted by molar-refractivity contribution is 6.03. The fraction of sp³-hybridized carbons (Fsp3) is 0.389. The van der Waals surface area contributed by atoms with Crippen LogP contribution in [0.1, 0.15) is 37.0 Å². The Labute approximate surface area is 151 Å². The molecule has 1 aromatic carbocycles. The predicted octanol–water partition coefficient (Wildman–Crippen LogP) is 2.34. The number of carbonyl (C=O) groups excluding carboxylic acids is 1. The molecule has 0 unspecified atom stereocenters. The van der Waals surface area contributed by atoms with Crippen molar-refractivity contribution in [3.05, 3.63) is 30.0 Å². The van der Waals surface area contributed by atoms with E-state index in [2.05, 4.69) is 15.6 Å². The SMILES string of the molecule is CC(C)Oc1cc2c(N3CCCC3)nccc2cc1C(N)=O.NC(=O)O. The van der Waals surface area contributed by atoms with Crippen LogP contribution < -0.4 is 21.1 Å². The Morgan fingerprint density at radius 3 is 2.38 bits per heavy atom. The van der Waals surface area contributed by atoms with Crippen molar-refractivity contribution in [2.24, 2.45) is 11.5 Å². The highest BCUT2D eigenvalue weighted by atomic mass is 16.5. The van der Waals surface area contributed by atoms with Gasteiger partial charge in [0, 0.05) is 24.7 Å². The molecule has 2 heterocycles. The molecule has 26 heavy (non-hydrogen) atoms. The second kappa shape index (κ2) is 8.37. The first kappa shape index (κ1) is 19.3. The molecule has 0 atom stereocenters. The third-order valence-corrected chi connectivity index (χ3v) is 3.88. The van der Waals surface area contributed by atoms with E-state index in [0.717, 1.165) is 29.7 Å². The largest absolute Gasteiger partial charge is 0.490 e. The summed E-state index contributed by atoms with van der Waals surface area (Å²) in [7, 11) is 0. The molecule has 2 aromatic rings. The number of aromatic nitrogens is 1.